The zero-order chi connectivity index (χ0) is 15.8. The van der Waals surface area contributed by atoms with E-state index in [0.29, 0.717) is 6.42 Å². The Bertz CT molecular complexity index is 353. The highest BCUT2D eigenvalue weighted by atomic mass is 35.5. The molecule has 0 radical (unpaired) electrons. The Kier molecular flexibility index (Phi) is 11.3. The van der Waals surface area contributed by atoms with Crippen LogP contribution in [0.25, 0.3) is 0 Å². The molecule has 2 unspecified atom stereocenters. The van der Waals surface area contributed by atoms with Gasteiger partial charge in [-0.15, -0.1) is 35.0 Å². The van der Waals surface area contributed by atoms with Crippen LogP contribution in [0, 0.1) is 11.3 Å². The van der Waals surface area contributed by atoms with Crippen molar-refractivity contribution in [2.75, 3.05) is 6.54 Å². The van der Waals surface area contributed by atoms with E-state index < -0.39 is 25.1 Å². The van der Waals surface area contributed by atoms with Gasteiger partial charge < -0.3 is 0 Å². The summed E-state index contributed by atoms with van der Waals surface area (Å²) >= 11 is 22.1. The van der Waals surface area contributed by atoms with Crippen molar-refractivity contribution in [2.45, 2.75) is 46.5 Å². The first kappa shape index (κ1) is 21.1. The standard InChI is InChI=1S/C10H16Cl4N2O2S2/c1-2-3-4-5-8(16(7-6-15)20(17)18)19-10(13,14)9(11)12/h8-9H,2-5,7H2,1H3,(H,17,18). The predicted octanol–water partition coefficient (Wildman–Crippen LogP) is 4.52. The van der Waals surface area contributed by atoms with E-state index >= 15 is 0 Å². The molecule has 0 fully saturated rings. The van der Waals surface area contributed by atoms with Crippen LogP contribution in [0.2, 0.25) is 0 Å². The van der Waals surface area contributed by atoms with Crippen molar-refractivity contribution in [2.24, 2.45) is 0 Å². The number of alkyl halides is 4. The van der Waals surface area contributed by atoms with Crippen LogP contribution in [-0.2, 0) is 11.3 Å². The van der Waals surface area contributed by atoms with Gasteiger partial charge >= 0.3 is 0 Å². The van der Waals surface area contributed by atoms with Crippen LogP contribution < -0.4 is 0 Å². The molecule has 0 aliphatic heterocycles. The van der Waals surface area contributed by atoms with Gasteiger partial charge in [0.15, 0.2) is 3.67 Å². The molecule has 118 valence electrons. The van der Waals surface area contributed by atoms with Crippen molar-refractivity contribution in [3.63, 3.8) is 0 Å². The number of hydrogen-bond acceptors (Lipinski definition) is 3. The average molecular weight is 402 g/mol. The second-order valence-electron chi connectivity index (χ2n) is 3.89. The maximum absolute atomic E-state index is 11.3. The van der Waals surface area contributed by atoms with Crippen LogP contribution in [0.3, 0.4) is 0 Å². The lowest BCUT2D eigenvalue weighted by Gasteiger charge is -2.31. The summed E-state index contributed by atoms with van der Waals surface area (Å²) in [7, 11) is 0. The summed E-state index contributed by atoms with van der Waals surface area (Å²) in [4.78, 5) is -1.07. The lowest BCUT2D eigenvalue weighted by Crippen LogP contribution is -2.38. The minimum absolute atomic E-state index is 0.216. The molecular formula is C10H16Cl4N2O2S2. The molecule has 0 saturated heterocycles. The van der Waals surface area contributed by atoms with Gasteiger partial charge in [0.05, 0.1) is 11.4 Å². The van der Waals surface area contributed by atoms with Gasteiger partial charge in [-0.25, -0.2) is 4.21 Å². The van der Waals surface area contributed by atoms with Crippen molar-refractivity contribution in [1.82, 2.24) is 4.31 Å². The molecule has 4 nitrogen and oxygen atoms in total. The Morgan fingerprint density at radius 2 is 2.05 bits per heavy atom. The maximum Gasteiger partial charge on any atom is 0.236 e. The van der Waals surface area contributed by atoms with E-state index in [1.54, 1.807) is 0 Å². The van der Waals surface area contributed by atoms with Crippen LogP contribution in [0.4, 0.5) is 0 Å². The fourth-order valence-corrected chi connectivity index (χ4v) is 4.08. The quantitative estimate of drug-likeness (QED) is 0.192. The Labute approximate surface area is 146 Å². The van der Waals surface area contributed by atoms with Crippen molar-refractivity contribution in [1.29, 1.82) is 5.26 Å². The van der Waals surface area contributed by atoms with Gasteiger partial charge in [0.1, 0.15) is 11.4 Å². The number of unbranched alkanes of at least 4 members (excludes halogenated alkanes) is 2. The normalized spacial score (nSPS) is 15.3. The fraction of sp³-hybridized carbons (Fsp3) is 0.900. The van der Waals surface area contributed by atoms with E-state index in [1.165, 1.54) is 0 Å². The molecule has 0 saturated carbocycles. The summed E-state index contributed by atoms with van der Waals surface area (Å²) in [6.07, 6.45) is 3.32. The SMILES string of the molecule is CCCCCC(SC(Cl)(Cl)C(Cl)Cl)N(CC#N)S(=O)O. The van der Waals surface area contributed by atoms with E-state index in [0.717, 1.165) is 35.3 Å². The van der Waals surface area contributed by atoms with Crippen molar-refractivity contribution in [3.05, 3.63) is 0 Å². The van der Waals surface area contributed by atoms with E-state index in [9.17, 15) is 8.76 Å². The zero-order valence-corrected chi connectivity index (χ0v) is 15.4. The number of nitrogens with zero attached hydrogens (tertiary/aromatic N) is 2. The molecule has 0 aromatic rings. The first-order valence-corrected chi connectivity index (χ1v) is 9.41. The molecule has 20 heavy (non-hydrogen) atoms. The lowest BCUT2D eigenvalue weighted by atomic mass is 10.2. The van der Waals surface area contributed by atoms with Gasteiger partial charge in [-0.3, -0.25) is 4.55 Å². The first-order chi connectivity index (χ1) is 9.26. The van der Waals surface area contributed by atoms with Crippen molar-refractivity contribution < 1.29 is 8.76 Å². The number of rotatable bonds is 10. The molecule has 0 bridgehead atoms. The van der Waals surface area contributed by atoms with Crippen LogP contribution in [0.15, 0.2) is 0 Å². The van der Waals surface area contributed by atoms with Gasteiger partial charge in [0, 0.05) is 0 Å². The van der Waals surface area contributed by atoms with Gasteiger partial charge in [-0.2, -0.15) is 9.57 Å². The second-order valence-corrected chi connectivity index (χ2v) is 9.18. The smallest absolute Gasteiger partial charge is 0.236 e. The Morgan fingerprint density at radius 1 is 1.45 bits per heavy atom. The summed E-state index contributed by atoms with van der Waals surface area (Å²) in [6, 6.07) is 1.84. The van der Waals surface area contributed by atoms with Crippen LogP contribution in [-0.4, -0.2) is 33.5 Å². The number of nitriles is 1. The first-order valence-electron chi connectivity index (χ1n) is 5.84. The molecule has 1 N–H and O–H groups in total. The average Bonchev–Trinajstić information content (AvgIpc) is 2.34. The Hall–Kier alpha value is 1.07. The van der Waals surface area contributed by atoms with Gasteiger partial charge in [-0.05, 0) is 6.42 Å². The highest BCUT2D eigenvalue weighted by Crippen LogP contribution is 2.46. The molecule has 2 atom stereocenters. The summed E-state index contributed by atoms with van der Waals surface area (Å²) in [5.74, 6) is 0. The van der Waals surface area contributed by atoms with Crippen LogP contribution >= 0.6 is 58.2 Å². The van der Waals surface area contributed by atoms with Gasteiger partial charge in [-0.1, -0.05) is 49.4 Å². The topological polar surface area (TPSA) is 64.3 Å². The monoisotopic (exact) mass is 400 g/mol. The molecule has 0 aromatic carbocycles. The van der Waals surface area contributed by atoms with Crippen molar-refractivity contribution >= 4 is 69.4 Å². The van der Waals surface area contributed by atoms with Crippen LogP contribution in [0.5, 0.6) is 0 Å². The zero-order valence-electron chi connectivity index (χ0n) is 10.8. The second kappa shape index (κ2) is 10.7. The van der Waals surface area contributed by atoms with E-state index in [-0.39, 0.29) is 6.54 Å². The molecule has 0 heterocycles. The molecule has 0 aromatic heterocycles. The third kappa shape index (κ3) is 7.90. The highest BCUT2D eigenvalue weighted by molar-refractivity contribution is 8.04. The molecule has 0 spiro atoms. The number of halogens is 4. The number of thioether (sulfide) groups is 1. The van der Waals surface area contributed by atoms with E-state index in [1.807, 2.05) is 13.0 Å². The Balaban J connectivity index is 4.95. The summed E-state index contributed by atoms with van der Waals surface area (Å²) in [5, 5.41) is 8.22. The van der Waals surface area contributed by atoms with E-state index in [4.69, 9.17) is 51.7 Å². The fourth-order valence-electron chi connectivity index (χ4n) is 1.39. The number of hydrogen-bond donors (Lipinski definition) is 1. The Morgan fingerprint density at radius 3 is 2.45 bits per heavy atom. The van der Waals surface area contributed by atoms with E-state index in [2.05, 4.69) is 0 Å². The van der Waals surface area contributed by atoms with Gasteiger partial charge in [0.2, 0.25) is 11.3 Å². The van der Waals surface area contributed by atoms with Crippen molar-refractivity contribution in [3.8, 4) is 6.07 Å². The molecule has 10 heteroatoms. The molecule has 0 aliphatic carbocycles. The molecule has 0 aliphatic rings. The summed E-state index contributed by atoms with van der Waals surface area (Å²) in [5.41, 5.74) is 0. The third-order valence-electron chi connectivity index (χ3n) is 2.35. The minimum Gasteiger partial charge on any atom is -0.294 e. The summed E-state index contributed by atoms with van der Waals surface area (Å²) in [6.45, 7) is 1.83. The predicted molar refractivity (Wildman–Crippen MR) is 88.5 cm³/mol. The largest absolute Gasteiger partial charge is 0.294 e. The third-order valence-corrected chi connectivity index (χ3v) is 6.91. The molecule has 0 amide bonds. The highest BCUT2D eigenvalue weighted by Gasteiger charge is 2.38. The molecular weight excluding hydrogens is 386 g/mol. The lowest BCUT2D eigenvalue weighted by molar-refractivity contribution is 0.389. The van der Waals surface area contributed by atoms with Crippen LogP contribution in [0.1, 0.15) is 32.6 Å². The molecule has 0 rings (SSSR count). The van der Waals surface area contributed by atoms with Gasteiger partial charge in [0.25, 0.3) is 0 Å². The minimum atomic E-state index is -2.30. The maximum atomic E-state index is 11.3. The summed E-state index contributed by atoms with van der Waals surface area (Å²) < 4.78 is 20.2.